The number of anilines is 1. The molecule has 3 fully saturated rings. The van der Waals surface area contributed by atoms with Gasteiger partial charge in [0.05, 0.1) is 32.1 Å². The van der Waals surface area contributed by atoms with E-state index in [1.54, 1.807) is 14.2 Å². The molecule has 1 aromatic rings. The van der Waals surface area contributed by atoms with Crippen LogP contribution in [0.15, 0.2) is 30.0 Å². The van der Waals surface area contributed by atoms with Crippen LogP contribution in [-0.4, -0.2) is 50.8 Å². The van der Waals surface area contributed by atoms with E-state index in [4.69, 9.17) is 18.9 Å². The van der Waals surface area contributed by atoms with Crippen LogP contribution in [0.25, 0.3) is 0 Å². The van der Waals surface area contributed by atoms with Gasteiger partial charge in [-0.1, -0.05) is 19.4 Å². The molecule has 4 aliphatic rings. The number of benzene rings is 1. The number of fused-ring (bicyclic) bond motifs is 2. The van der Waals surface area contributed by atoms with Crippen LogP contribution in [-0.2, 0) is 19.8 Å². The minimum Gasteiger partial charge on any atom is -0.504 e. The van der Waals surface area contributed by atoms with Crippen molar-refractivity contribution < 1.29 is 18.9 Å². The van der Waals surface area contributed by atoms with Crippen molar-refractivity contribution in [2.45, 2.75) is 50.5 Å². The summed E-state index contributed by atoms with van der Waals surface area (Å²) >= 11 is 0. The molecule has 6 nitrogen and oxygen atoms in total. The molecule has 0 unspecified atom stereocenters. The quantitative estimate of drug-likeness (QED) is 0.778. The lowest BCUT2D eigenvalue weighted by atomic mass is 9.67. The van der Waals surface area contributed by atoms with Crippen LogP contribution in [0, 0.1) is 11.8 Å². The summed E-state index contributed by atoms with van der Waals surface area (Å²) in [7, 11) is 3.47. The first kappa shape index (κ1) is 19.2. The highest BCUT2D eigenvalue weighted by atomic mass is 16.7. The van der Waals surface area contributed by atoms with Gasteiger partial charge in [-0.3, -0.25) is 4.90 Å². The van der Waals surface area contributed by atoms with Gasteiger partial charge < -0.3 is 24.3 Å². The van der Waals surface area contributed by atoms with Gasteiger partial charge in [-0.2, -0.15) is 0 Å². The van der Waals surface area contributed by atoms with Gasteiger partial charge in [0.2, 0.25) is 0 Å². The monoisotopic (exact) mass is 400 g/mol. The molecule has 4 heterocycles. The second-order valence-corrected chi connectivity index (χ2v) is 8.85. The van der Waals surface area contributed by atoms with Gasteiger partial charge in [-0.05, 0) is 49.3 Å². The van der Waals surface area contributed by atoms with Gasteiger partial charge in [-0.15, -0.1) is 0 Å². The molecule has 1 aromatic carbocycles. The molecule has 158 valence electrons. The molecular weight excluding hydrogens is 368 g/mol. The van der Waals surface area contributed by atoms with Crippen LogP contribution < -0.4 is 10.1 Å². The number of ether oxygens (including phenoxy) is 4. The summed E-state index contributed by atoms with van der Waals surface area (Å²) in [4.78, 5) is 2.63. The van der Waals surface area contributed by atoms with Crippen LogP contribution in [0.5, 0.6) is 5.75 Å². The summed E-state index contributed by atoms with van der Waals surface area (Å²) in [5.41, 5.74) is 2.44. The van der Waals surface area contributed by atoms with Gasteiger partial charge in [-0.25, -0.2) is 0 Å². The van der Waals surface area contributed by atoms with Crippen molar-refractivity contribution in [3.05, 3.63) is 35.6 Å². The molecule has 1 N–H and O–H groups in total. The van der Waals surface area contributed by atoms with Crippen LogP contribution in [0.2, 0.25) is 0 Å². The van der Waals surface area contributed by atoms with Crippen molar-refractivity contribution in [1.29, 1.82) is 0 Å². The summed E-state index contributed by atoms with van der Waals surface area (Å²) in [6.07, 6.45) is 5.01. The highest BCUT2D eigenvalue weighted by Crippen LogP contribution is 2.62. The van der Waals surface area contributed by atoms with Crippen molar-refractivity contribution in [1.82, 2.24) is 4.90 Å². The first-order chi connectivity index (χ1) is 14.1. The van der Waals surface area contributed by atoms with Gasteiger partial charge in [0.25, 0.3) is 0 Å². The average molecular weight is 401 g/mol. The van der Waals surface area contributed by atoms with E-state index in [9.17, 15) is 0 Å². The highest BCUT2D eigenvalue weighted by molar-refractivity contribution is 5.69. The van der Waals surface area contributed by atoms with Crippen LogP contribution in [0.4, 0.5) is 5.69 Å². The van der Waals surface area contributed by atoms with E-state index < -0.39 is 11.3 Å². The third kappa shape index (κ3) is 2.46. The van der Waals surface area contributed by atoms with Crippen LogP contribution >= 0.6 is 0 Å². The number of nitrogens with zero attached hydrogens (tertiary/aromatic N) is 1. The topological polar surface area (TPSA) is 52.2 Å². The summed E-state index contributed by atoms with van der Waals surface area (Å²) < 4.78 is 24.1. The van der Waals surface area contributed by atoms with Gasteiger partial charge in [0, 0.05) is 18.8 Å². The molecule has 0 aliphatic carbocycles. The first-order valence-electron chi connectivity index (χ1n) is 10.8. The molecule has 0 saturated carbocycles. The van der Waals surface area contributed by atoms with Crippen molar-refractivity contribution in [3.8, 4) is 5.75 Å². The number of hydrogen-bond donors (Lipinski definition) is 1. The molecule has 5 atom stereocenters. The maximum absolute atomic E-state index is 6.49. The Morgan fingerprint density at radius 3 is 2.97 bits per heavy atom. The SMILES string of the molecule is CC[C@@H]1CN2CC[C@@]34OCO[C@@]3(Nc3cccc(OC)c34)[C@@H]2C[C@@H]1C(C)=COC. The summed E-state index contributed by atoms with van der Waals surface area (Å²) in [6.45, 7) is 6.90. The molecule has 0 amide bonds. The maximum Gasteiger partial charge on any atom is 0.191 e. The Morgan fingerprint density at radius 1 is 1.34 bits per heavy atom. The smallest absolute Gasteiger partial charge is 0.191 e. The minimum absolute atomic E-state index is 0.226. The molecule has 29 heavy (non-hydrogen) atoms. The number of nitrogens with one attached hydrogen (secondary N) is 1. The van der Waals surface area contributed by atoms with Crippen molar-refractivity contribution >= 4 is 5.69 Å². The minimum atomic E-state index is -0.577. The molecule has 6 heteroatoms. The van der Waals surface area contributed by atoms with Gasteiger partial charge in [0.1, 0.15) is 5.75 Å². The normalized spacial score (nSPS) is 38.5. The Hall–Kier alpha value is -1.76. The van der Waals surface area contributed by atoms with E-state index in [1.807, 2.05) is 18.4 Å². The number of rotatable bonds is 4. The zero-order valence-corrected chi connectivity index (χ0v) is 17.9. The fourth-order valence-corrected chi connectivity index (χ4v) is 6.45. The standard InChI is InChI=1S/C23H32N2O4/c1-5-16-12-25-10-9-22-21-18(7-6-8-19(21)27-4)24-23(22,29-14-28-22)20(25)11-17(16)15(2)13-26-3/h6-8,13,16-17,20,24H,5,9-12,14H2,1-4H3/t16-,17-,20+,22+,23+/m1/s1. The Morgan fingerprint density at radius 2 is 2.21 bits per heavy atom. The fraction of sp³-hybridized carbons (Fsp3) is 0.652. The van der Waals surface area contributed by atoms with Crippen LogP contribution in [0.3, 0.4) is 0 Å². The lowest BCUT2D eigenvalue weighted by molar-refractivity contribution is -0.146. The molecule has 0 bridgehead atoms. The second-order valence-electron chi connectivity index (χ2n) is 8.85. The fourth-order valence-electron chi connectivity index (χ4n) is 6.45. The Bertz CT molecular complexity index is 827. The maximum atomic E-state index is 6.49. The van der Waals surface area contributed by atoms with E-state index in [2.05, 4.69) is 30.1 Å². The Balaban J connectivity index is 1.58. The zero-order chi connectivity index (χ0) is 20.2. The molecular formula is C23H32N2O4. The van der Waals surface area contributed by atoms with E-state index in [0.29, 0.717) is 18.6 Å². The second kappa shape index (κ2) is 6.89. The van der Waals surface area contributed by atoms with Crippen LogP contribution in [0.1, 0.15) is 38.7 Å². The molecule has 0 radical (unpaired) electrons. The van der Waals surface area contributed by atoms with Crippen molar-refractivity contribution in [2.24, 2.45) is 11.8 Å². The third-order valence-corrected chi connectivity index (χ3v) is 7.75. The highest BCUT2D eigenvalue weighted by Gasteiger charge is 2.72. The summed E-state index contributed by atoms with van der Waals surface area (Å²) in [5.74, 6) is 1.98. The Kier molecular flexibility index (Phi) is 4.57. The van der Waals surface area contributed by atoms with Gasteiger partial charge in [0.15, 0.2) is 18.1 Å². The number of hydrogen-bond acceptors (Lipinski definition) is 6. The molecule has 5 rings (SSSR count). The largest absolute Gasteiger partial charge is 0.504 e. The first-order valence-corrected chi connectivity index (χ1v) is 10.8. The van der Waals surface area contributed by atoms with E-state index in [-0.39, 0.29) is 6.04 Å². The van der Waals surface area contributed by atoms with Crippen molar-refractivity contribution in [3.63, 3.8) is 0 Å². The average Bonchev–Trinajstić information content (AvgIpc) is 3.25. The number of allylic oxidation sites excluding steroid dienone is 1. The summed E-state index contributed by atoms with van der Waals surface area (Å²) in [5, 5.41) is 3.78. The van der Waals surface area contributed by atoms with E-state index in [1.165, 1.54) is 12.0 Å². The molecule has 3 saturated heterocycles. The van der Waals surface area contributed by atoms with Gasteiger partial charge >= 0.3 is 0 Å². The van der Waals surface area contributed by atoms with E-state index >= 15 is 0 Å². The lowest BCUT2D eigenvalue weighted by Gasteiger charge is -2.56. The zero-order valence-electron chi connectivity index (χ0n) is 17.9. The summed E-state index contributed by atoms with van der Waals surface area (Å²) in [6, 6.07) is 6.41. The van der Waals surface area contributed by atoms with E-state index in [0.717, 1.165) is 42.9 Å². The predicted octanol–water partition coefficient (Wildman–Crippen LogP) is 3.69. The predicted molar refractivity (Wildman–Crippen MR) is 111 cm³/mol. The number of methoxy groups -OCH3 is 2. The Labute approximate surface area is 173 Å². The molecule has 0 aromatic heterocycles. The lowest BCUT2D eigenvalue weighted by Crippen LogP contribution is -2.70. The molecule has 4 aliphatic heterocycles. The number of piperidine rings is 2. The molecule has 0 spiro atoms. The third-order valence-electron chi connectivity index (χ3n) is 7.75. The van der Waals surface area contributed by atoms with Crippen molar-refractivity contribution in [2.75, 3.05) is 39.4 Å².